The van der Waals surface area contributed by atoms with E-state index in [0.29, 0.717) is 23.9 Å². The number of carbonyl (C=O) groups is 2. The highest BCUT2D eigenvalue weighted by atomic mass is 35.5. The molecular formula is C40H33ClN2O4. The summed E-state index contributed by atoms with van der Waals surface area (Å²) in [5, 5.41) is 18.7. The van der Waals surface area contributed by atoms with E-state index in [0.717, 1.165) is 44.3 Å². The van der Waals surface area contributed by atoms with Gasteiger partial charge < -0.3 is 20.5 Å². The number of hydrogen-bond donors (Lipinski definition) is 3. The molecule has 0 saturated carbocycles. The predicted octanol–water partition coefficient (Wildman–Crippen LogP) is 8.78. The molecule has 1 unspecified atom stereocenters. The number of aliphatic carboxylic acids is 1. The quantitative estimate of drug-likeness (QED) is 0.124. The van der Waals surface area contributed by atoms with E-state index in [4.69, 9.17) is 16.3 Å². The molecule has 0 aliphatic heterocycles. The van der Waals surface area contributed by atoms with Crippen molar-refractivity contribution in [3.05, 3.63) is 167 Å². The number of amides is 1. The first-order chi connectivity index (χ1) is 22.9. The summed E-state index contributed by atoms with van der Waals surface area (Å²) >= 11 is 6.27. The molecule has 6 aromatic rings. The number of nitrogens with one attached hydrogen (secondary N) is 2. The van der Waals surface area contributed by atoms with Gasteiger partial charge in [0, 0.05) is 23.7 Å². The Labute approximate surface area is 278 Å². The average Bonchev–Trinajstić information content (AvgIpc) is 3.10. The van der Waals surface area contributed by atoms with Gasteiger partial charge in [0.1, 0.15) is 18.4 Å². The lowest BCUT2D eigenvalue weighted by molar-refractivity contribution is -0.139. The van der Waals surface area contributed by atoms with Crippen molar-refractivity contribution in [3.8, 4) is 16.9 Å². The fraction of sp³-hybridized carbons (Fsp3) is 0.100. The Morgan fingerprint density at radius 2 is 1.47 bits per heavy atom. The zero-order chi connectivity index (χ0) is 32.6. The Morgan fingerprint density at radius 1 is 0.723 bits per heavy atom. The molecule has 0 radical (unpaired) electrons. The summed E-state index contributed by atoms with van der Waals surface area (Å²) in [6.07, 6.45) is 0.112. The van der Waals surface area contributed by atoms with Gasteiger partial charge in [-0.3, -0.25) is 4.79 Å². The summed E-state index contributed by atoms with van der Waals surface area (Å²) in [5.74, 6) is -0.890. The van der Waals surface area contributed by atoms with Gasteiger partial charge in [-0.15, -0.1) is 0 Å². The van der Waals surface area contributed by atoms with Crippen molar-refractivity contribution in [3.63, 3.8) is 0 Å². The summed E-state index contributed by atoms with van der Waals surface area (Å²) in [6.45, 7) is 0.947. The molecule has 6 nitrogen and oxygen atoms in total. The highest BCUT2D eigenvalue weighted by molar-refractivity contribution is 6.31. The highest BCUT2D eigenvalue weighted by Crippen LogP contribution is 2.26. The minimum atomic E-state index is -1.15. The summed E-state index contributed by atoms with van der Waals surface area (Å²) in [4.78, 5) is 25.8. The van der Waals surface area contributed by atoms with Gasteiger partial charge in [-0.05, 0) is 68.9 Å². The molecule has 6 aromatic carbocycles. The Hall–Kier alpha value is -5.59. The van der Waals surface area contributed by atoms with Crippen LogP contribution < -0.4 is 15.4 Å². The van der Waals surface area contributed by atoms with Crippen molar-refractivity contribution in [2.24, 2.45) is 0 Å². The Morgan fingerprint density at radius 3 is 2.28 bits per heavy atom. The lowest BCUT2D eigenvalue weighted by Crippen LogP contribution is -2.42. The number of rotatable bonds is 12. The molecule has 0 aliphatic carbocycles. The fourth-order valence-corrected chi connectivity index (χ4v) is 5.68. The van der Waals surface area contributed by atoms with E-state index in [1.54, 1.807) is 18.2 Å². The van der Waals surface area contributed by atoms with Crippen molar-refractivity contribution in [1.82, 2.24) is 5.32 Å². The maximum atomic E-state index is 13.5. The first kappa shape index (κ1) is 31.4. The number of halogens is 1. The van der Waals surface area contributed by atoms with E-state index < -0.39 is 17.9 Å². The van der Waals surface area contributed by atoms with Gasteiger partial charge in [0.05, 0.1) is 5.56 Å². The second-order valence-corrected chi connectivity index (χ2v) is 11.7. The van der Waals surface area contributed by atoms with E-state index in [1.165, 1.54) is 0 Å². The topological polar surface area (TPSA) is 87.7 Å². The van der Waals surface area contributed by atoms with Crippen molar-refractivity contribution in [2.75, 3.05) is 5.32 Å². The Bertz CT molecular complexity index is 2010. The molecule has 1 atom stereocenters. The molecule has 0 saturated heterocycles. The number of anilines is 1. The number of benzene rings is 6. The van der Waals surface area contributed by atoms with Gasteiger partial charge in [-0.2, -0.15) is 0 Å². The van der Waals surface area contributed by atoms with Crippen molar-refractivity contribution in [1.29, 1.82) is 0 Å². The third-order valence-electron chi connectivity index (χ3n) is 7.99. The fourth-order valence-electron chi connectivity index (χ4n) is 5.51. The molecule has 3 N–H and O–H groups in total. The molecule has 0 aromatic heterocycles. The standard InChI is InChI=1S/C40H33ClN2O4/c41-33-20-21-37(42-25-32-13-6-11-30-10-4-5-15-35(30)32)36(24-33)39(44)43-38(40(45)46)22-27-16-18-29(19-17-27)31-12-7-14-34(23-31)47-26-28-8-2-1-3-9-28/h1-21,23-24,38,42H,22,25-26H2,(H,43,44)(H,45,46). The molecule has 0 bridgehead atoms. The molecule has 0 fully saturated rings. The Kier molecular flexibility index (Phi) is 9.80. The van der Waals surface area contributed by atoms with Gasteiger partial charge in [-0.1, -0.05) is 121 Å². The minimum absolute atomic E-state index is 0.112. The molecule has 0 spiro atoms. The molecule has 6 rings (SSSR count). The number of carboxylic acid groups (broad SMARTS) is 1. The highest BCUT2D eigenvalue weighted by Gasteiger charge is 2.23. The first-order valence-electron chi connectivity index (χ1n) is 15.3. The second kappa shape index (κ2) is 14.7. The van der Waals surface area contributed by atoms with Crippen LogP contribution in [0.3, 0.4) is 0 Å². The van der Waals surface area contributed by atoms with Gasteiger partial charge in [-0.25, -0.2) is 4.79 Å². The van der Waals surface area contributed by atoms with Crippen LogP contribution in [0.2, 0.25) is 5.02 Å². The number of hydrogen-bond acceptors (Lipinski definition) is 4. The normalized spacial score (nSPS) is 11.5. The van der Waals surface area contributed by atoms with Crippen LogP contribution >= 0.6 is 11.6 Å². The zero-order valence-corrected chi connectivity index (χ0v) is 26.3. The number of fused-ring (bicyclic) bond motifs is 1. The number of carboxylic acids is 1. The van der Waals surface area contributed by atoms with Crippen LogP contribution in [0.25, 0.3) is 21.9 Å². The van der Waals surface area contributed by atoms with Crippen LogP contribution in [0, 0.1) is 0 Å². The number of ether oxygens (including phenoxy) is 1. The third kappa shape index (κ3) is 7.98. The zero-order valence-electron chi connectivity index (χ0n) is 25.5. The predicted molar refractivity (Wildman–Crippen MR) is 188 cm³/mol. The summed E-state index contributed by atoms with van der Waals surface area (Å²) in [5.41, 5.74) is 5.72. The van der Waals surface area contributed by atoms with Crippen LogP contribution in [0.5, 0.6) is 5.75 Å². The first-order valence-corrected chi connectivity index (χ1v) is 15.7. The van der Waals surface area contributed by atoms with Crippen molar-refractivity contribution in [2.45, 2.75) is 25.6 Å². The molecule has 47 heavy (non-hydrogen) atoms. The van der Waals surface area contributed by atoms with E-state index in [-0.39, 0.29) is 12.0 Å². The van der Waals surface area contributed by atoms with Crippen LogP contribution in [-0.4, -0.2) is 23.0 Å². The van der Waals surface area contributed by atoms with Crippen molar-refractivity contribution >= 4 is 39.9 Å². The molecule has 1 amide bonds. The molecule has 0 heterocycles. The monoisotopic (exact) mass is 640 g/mol. The average molecular weight is 641 g/mol. The van der Waals surface area contributed by atoms with Gasteiger partial charge >= 0.3 is 5.97 Å². The lowest BCUT2D eigenvalue weighted by atomic mass is 10.00. The summed E-state index contributed by atoms with van der Waals surface area (Å²) in [6, 6.07) is 43.5. The van der Waals surface area contributed by atoms with E-state index in [2.05, 4.69) is 28.8 Å². The van der Waals surface area contributed by atoms with E-state index in [9.17, 15) is 14.7 Å². The lowest BCUT2D eigenvalue weighted by Gasteiger charge is -2.18. The largest absolute Gasteiger partial charge is 0.489 e. The second-order valence-electron chi connectivity index (χ2n) is 11.2. The molecule has 7 heteroatoms. The van der Waals surface area contributed by atoms with E-state index >= 15 is 0 Å². The van der Waals surface area contributed by atoms with Gasteiger partial charge in [0.15, 0.2) is 0 Å². The number of carbonyl (C=O) groups excluding carboxylic acids is 1. The van der Waals surface area contributed by atoms with Crippen LogP contribution in [0.4, 0.5) is 5.69 Å². The molecular weight excluding hydrogens is 608 g/mol. The SMILES string of the molecule is O=C(NC(Cc1ccc(-c2cccc(OCc3ccccc3)c2)cc1)C(=O)O)c1cc(Cl)ccc1NCc1cccc2ccccc12. The van der Waals surface area contributed by atoms with Crippen molar-refractivity contribution < 1.29 is 19.4 Å². The van der Waals surface area contributed by atoms with E-state index in [1.807, 2.05) is 103 Å². The third-order valence-corrected chi connectivity index (χ3v) is 8.22. The Balaban J connectivity index is 1.12. The maximum absolute atomic E-state index is 13.5. The molecule has 234 valence electrons. The minimum Gasteiger partial charge on any atom is -0.489 e. The molecule has 0 aliphatic rings. The maximum Gasteiger partial charge on any atom is 0.326 e. The van der Waals surface area contributed by atoms with Crippen LogP contribution in [0.15, 0.2) is 140 Å². The smallest absolute Gasteiger partial charge is 0.326 e. The van der Waals surface area contributed by atoms with Crippen LogP contribution in [0.1, 0.15) is 27.0 Å². The summed E-state index contributed by atoms with van der Waals surface area (Å²) in [7, 11) is 0. The van der Waals surface area contributed by atoms with Gasteiger partial charge in [0.25, 0.3) is 5.91 Å². The van der Waals surface area contributed by atoms with Crippen LogP contribution in [-0.2, 0) is 24.4 Å². The summed E-state index contributed by atoms with van der Waals surface area (Å²) < 4.78 is 5.98. The van der Waals surface area contributed by atoms with Gasteiger partial charge in [0.2, 0.25) is 0 Å².